The van der Waals surface area contributed by atoms with E-state index in [1.54, 1.807) is 6.26 Å². The number of likely N-dealkylation sites (N-methyl/N-ethyl adjacent to an activating group) is 1. The number of aliphatic carboxylic acids is 1. The average Bonchev–Trinajstić information content (AvgIpc) is 3.16. The molecule has 0 bridgehead atoms. The number of hydrogen-bond donors (Lipinski definition) is 4. The maximum Gasteiger partial charge on any atom is 0.330 e. The SMILES string of the molecule is CC(=O)O.CC(=O)ON1C(=O)CCC1=O.CN.CN1C(=O)C=CC1=O.CO.CS. The van der Waals surface area contributed by atoms with E-state index in [4.69, 9.17) is 15.0 Å². The first-order valence-corrected chi connectivity index (χ1v) is 8.66. The third-order valence-corrected chi connectivity index (χ3v) is 2.26. The van der Waals surface area contributed by atoms with E-state index in [1.807, 2.05) is 0 Å². The summed E-state index contributed by atoms with van der Waals surface area (Å²) in [6.45, 7) is 2.22. The molecule has 4 N–H and O–H groups in total. The first-order valence-electron chi connectivity index (χ1n) is 7.77. The van der Waals surface area contributed by atoms with E-state index in [9.17, 15) is 24.0 Å². The maximum atomic E-state index is 10.7. The summed E-state index contributed by atoms with van der Waals surface area (Å²) in [7, 11) is 3.95. The number of thiol groups is 1. The van der Waals surface area contributed by atoms with Crippen molar-refractivity contribution < 1.29 is 43.8 Å². The summed E-state index contributed by atoms with van der Waals surface area (Å²) >= 11 is 3.53. The van der Waals surface area contributed by atoms with E-state index in [0.717, 1.165) is 25.9 Å². The third kappa shape index (κ3) is 18.4. The molecule has 13 heteroatoms. The minimum Gasteiger partial charge on any atom is -0.481 e. The van der Waals surface area contributed by atoms with Crippen molar-refractivity contribution in [3.63, 3.8) is 0 Å². The molecule has 2 heterocycles. The van der Waals surface area contributed by atoms with Gasteiger partial charge in [-0.2, -0.15) is 12.6 Å². The van der Waals surface area contributed by atoms with E-state index in [0.29, 0.717) is 5.06 Å². The number of carboxylic acid groups (broad SMARTS) is 1. The van der Waals surface area contributed by atoms with Gasteiger partial charge in [-0.1, -0.05) is 0 Å². The number of rotatable bonds is 1. The van der Waals surface area contributed by atoms with Crippen molar-refractivity contribution in [1.82, 2.24) is 9.96 Å². The van der Waals surface area contributed by atoms with E-state index in [-0.39, 0.29) is 24.7 Å². The second-order valence-electron chi connectivity index (χ2n) is 4.25. The molecule has 4 amide bonds. The summed E-state index contributed by atoms with van der Waals surface area (Å²) in [6.07, 6.45) is 4.46. The highest BCUT2D eigenvalue weighted by Gasteiger charge is 2.31. The summed E-state index contributed by atoms with van der Waals surface area (Å²) in [5, 5.41) is 14.9. The number of amides is 4. The Labute approximate surface area is 174 Å². The zero-order chi connectivity index (χ0) is 24.2. The predicted octanol–water partition coefficient (Wildman–Crippen LogP) is -1.02. The lowest BCUT2D eigenvalue weighted by atomic mass is 10.4. The molecule has 0 aromatic heterocycles. The molecule has 0 radical (unpaired) electrons. The van der Waals surface area contributed by atoms with Gasteiger partial charge in [-0.15, -0.1) is 5.06 Å². The van der Waals surface area contributed by atoms with E-state index < -0.39 is 23.8 Å². The normalized spacial score (nSPS) is 13.1. The zero-order valence-electron chi connectivity index (χ0n) is 17.2. The molecule has 0 saturated carbocycles. The number of carbonyl (C=O) groups is 6. The molecular weight excluding hydrogens is 410 g/mol. The highest BCUT2D eigenvalue weighted by Crippen LogP contribution is 2.11. The van der Waals surface area contributed by atoms with Gasteiger partial charge in [0.2, 0.25) is 0 Å². The van der Waals surface area contributed by atoms with Gasteiger partial charge in [0.15, 0.2) is 0 Å². The van der Waals surface area contributed by atoms with Crippen molar-refractivity contribution in [2.75, 3.05) is 27.5 Å². The molecule has 29 heavy (non-hydrogen) atoms. The number of carboxylic acids is 1. The van der Waals surface area contributed by atoms with Crippen LogP contribution in [0.2, 0.25) is 0 Å². The van der Waals surface area contributed by atoms with Gasteiger partial charge in [-0.3, -0.25) is 28.9 Å². The van der Waals surface area contributed by atoms with Crippen LogP contribution >= 0.6 is 12.6 Å². The summed E-state index contributed by atoms with van der Waals surface area (Å²) in [5.74, 6) is -2.88. The van der Waals surface area contributed by atoms with E-state index in [2.05, 4.69) is 23.2 Å². The minimum absolute atomic E-state index is 0.131. The van der Waals surface area contributed by atoms with Gasteiger partial charge < -0.3 is 20.8 Å². The lowest BCUT2D eigenvalue weighted by Crippen LogP contribution is -2.30. The first kappa shape index (κ1) is 33.8. The number of carbonyl (C=O) groups excluding carboxylic acids is 5. The lowest BCUT2D eigenvalue weighted by Gasteiger charge is -2.09. The predicted molar refractivity (Wildman–Crippen MR) is 106 cm³/mol. The van der Waals surface area contributed by atoms with Crippen molar-refractivity contribution in [1.29, 1.82) is 0 Å². The van der Waals surface area contributed by atoms with Crippen molar-refractivity contribution in [2.24, 2.45) is 5.73 Å². The number of aliphatic hydroxyl groups is 1. The van der Waals surface area contributed by atoms with Crippen LogP contribution in [0.1, 0.15) is 26.7 Å². The highest BCUT2D eigenvalue weighted by molar-refractivity contribution is 7.79. The number of hydroxylamine groups is 2. The van der Waals surface area contributed by atoms with Crippen LogP contribution in [-0.2, 0) is 33.6 Å². The fourth-order valence-electron chi connectivity index (χ4n) is 1.26. The van der Waals surface area contributed by atoms with Crippen LogP contribution in [0, 0.1) is 0 Å². The fraction of sp³-hybridized carbons (Fsp3) is 0.500. The number of hydrogen-bond acceptors (Lipinski definition) is 10. The van der Waals surface area contributed by atoms with Crippen molar-refractivity contribution in [3.8, 4) is 0 Å². The Kier molecular flexibility index (Phi) is 25.1. The van der Waals surface area contributed by atoms with Gasteiger partial charge in [0.05, 0.1) is 0 Å². The van der Waals surface area contributed by atoms with Crippen LogP contribution in [0.3, 0.4) is 0 Å². The van der Waals surface area contributed by atoms with E-state index >= 15 is 0 Å². The second-order valence-corrected chi connectivity index (χ2v) is 4.25. The number of nitrogens with zero attached hydrogens (tertiary/aromatic N) is 2. The van der Waals surface area contributed by atoms with Crippen LogP contribution in [0.4, 0.5) is 0 Å². The molecule has 168 valence electrons. The molecule has 1 saturated heterocycles. The largest absolute Gasteiger partial charge is 0.481 e. The Hall–Kier alpha value is -2.77. The highest BCUT2D eigenvalue weighted by atomic mass is 32.1. The van der Waals surface area contributed by atoms with Crippen LogP contribution in [0.5, 0.6) is 0 Å². The molecule has 0 atom stereocenters. The molecule has 0 aliphatic carbocycles. The van der Waals surface area contributed by atoms with Gasteiger partial charge in [-0.25, -0.2) is 4.79 Å². The van der Waals surface area contributed by atoms with Crippen LogP contribution in [0.15, 0.2) is 12.2 Å². The molecular formula is C16H29N3O9S. The Balaban J connectivity index is -0.000000153. The van der Waals surface area contributed by atoms with Gasteiger partial charge in [0, 0.05) is 53.0 Å². The number of nitrogens with two attached hydrogens (primary N) is 1. The van der Waals surface area contributed by atoms with E-state index in [1.165, 1.54) is 26.2 Å². The molecule has 0 unspecified atom stereocenters. The number of aliphatic hydroxyl groups excluding tert-OH is 1. The molecule has 0 spiro atoms. The molecule has 2 aliphatic heterocycles. The smallest absolute Gasteiger partial charge is 0.330 e. The maximum absolute atomic E-state index is 10.7. The van der Waals surface area contributed by atoms with Gasteiger partial charge in [-0.05, 0) is 13.3 Å². The topological polar surface area (TPSA) is 185 Å². The first-order chi connectivity index (χ1) is 13.6. The van der Waals surface area contributed by atoms with Gasteiger partial charge >= 0.3 is 5.97 Å². The Bertz CT molecular complexity index is 542. The molecule has 2 rings (SSSR count). The fourth-order valence-corrected chi connectivity index (χ4v) is 1.26. The Morgan fingerprint density at radius 2 is 1.24 bits per heavy atom. The van der Waals surface area contributed by atoms with Crippen molar-refractivity contribution in [3.05, 3.63) is 12.2 Å². The van der Waals surface area contributed by atoms with Gasteiger partial charge in [0.1, 0.15) is 0 Å². The molecule has 1 fully saturated rings. The number of imide groups is 2. The Morgan fingerprint density at radius 3 is 1.41 bits per heavy atom. The molecule has 0 aromatic carbocycles. The summed E-state index contributed by atoms with van der Waals surface area (Å²) in [4.78, 5) is 67.0. The zero-order valence-corrected chi connectivity index (χ0v) is 18.1. The standard InChI is InChI=1S/C6H7NO4.C5H5NO2.C2H4O2.CH5N.CH4O.CH4S/c1-4(8)11-7-5(9)2-3-6(7)10;1-6-4(7)2-3-5(6)8;1-2(3)4;3*1-2/h2-3H2,1H3;2-3H,1H3;1H3,(H,3,4);2H2,1H3;2*2H,1H3. The summed E-state index contributed by atoms with van der Waals surface area (Å²) in [6, 6.07) is 0. The van der Waals surface area contributed by atoms with Crippen molar-refractivity contribution >= 4 is 48.2 Å². The minimum atomic E-state index is -0.833. The van der Waals surface area contributed by atoms with Crippen LogP contribution < -0.4 is 5.73 Å². The summed E-state index contributed by atoms with van der Waals surface area (Å²) < 4.78 is 0. The van der Waals surface area contributed by atoms with Crippen LogP contribution in [-0.4, -0.2) is 83.2 Å². The molecule has 2 aliphatic rings. The monoisotopic (exact) mass is 439 g/mol. The van der Waals surface area contributed by atoms with Gasteiger partial charge in [0.25, 0.3) is 29.6 Å². The molecule has 12 nitrogen and oxygen atoms in total. The lowest BCUT2D eigenvalue weighted by molar-refractivity contribution is -0.195. The third-order valence-electron chi connectivity index (χ3n) is 2.26. The quantitative estimate of drug-likeness (QED) is 0.291. The second kappa shape index (κ2) is 21.5. The average molecular weight is 439 g/mol. The molecule has 0 aromatic rings. The Morgan fingerprint density at radius 1 is 0.966 bits per heavy atom. The van der Waals surface area contributed by atoms with Crippen molar-refractivity contribution in [2.45, 2.75) is 26.7 Å². The van der Waals surface area contributed by atoms with Crippen LogP contribution in [0.25, 0.3) is 0 Å². The summed E-state index contributed by atoms with van der Waals surface area (Å²) in [5.41, 5.74) is 4.50.